The van der Waals surface area contributed by atoms with Crippen molar-refractivity contribution < 1.29 is 4.79 Å². The summed E-state index contributed by atoms with van der Waals surface area (Å²) in [5.74, 6) is 2.40. The molecule has 0 bridgehead atoms. The molecule has 0 radical (unpaired) electrons. The second kappa shape index (κ2) is 5.20. The third kappa shape index (κ3) is 2.42. The maximum absolute atomic E-state index is 12.4. The fourth-order valence-electron chi connectivity index (χ4n) is 3.99. The lowest BCUT2D eigenvalue weighted by molar-refractivity contribution is -0.133. The molecule has 1 heterocycles. The molecule has 2 saturated carbocycles. The molecular formula is C15H26N2O. The van der Waals surface area contributed by atoms with Gasteiger partial charge >= 0.3 is 0 Å². The van der Waals surface area contributed by atoms with Crippen molar-refractivity contribution >= 4 is 5.91 Å². The van der Waals surface area contributed by atoms with Crippen molar-refractivity contribution in [3.05, 3.63) is 0 Å². The number of amides is 1. The van der Waals surface area contributed by atoms with Gasteiger partial charge in [0.2, 0.25) is 5.91 Å². The summed E-state index contributed by atoms with van der Waals surface area (Å²) >= 11 is 0. The summed E-state index contributed by atoms with van der Waals surface area (Å²) in [5, 5.41) is 3.35. The molecule has 102 valence electrons. The van der Waals surface area contributed by atoms with Gasteiger partial charge in [0.1, 0.15) is 0 Å². The van der Waals surface area contributed by atoms with Crippen LogP contribution in [0.15, 0.2) is 0 Å². The quantitative estimate of drug-likeness (QED) is 0.831. The van der Waals surface area contributed by atoms with E-state index in [1.54, 1.807) is 0 Å². The molecular weight excluding hydrogens is 224 g/mol. The third-order valence-corrected chi connectivity index (χ3v) is 5.34. The molecule has 1 aliphatic heterocycles. The van der Waals surface area contributed by atoms with Crippen LogP contribution in [-0.4, -0.2) is 37.0 Å². The molecule has 3 nitrogen and oxygen atoms in total. The highest BCUT2D eigenvalue weighted by Gasteiger charge is 2.49. The standard InChI is InChI=1S/C15H26N2O/c1-17(12-7-8-16-10-12)15(18)14-9-13(14)11-5-3-2-4-6-11/h11-14,16H,2-10H2,1H3. The van der Waals surface area contributed by atoms with Gasteiger partial charge in [-0.25, -0.2) is 0 Å². The highest BCUT2D eigenvalue weighted by atomic mass is 16.2. The van der Waals surface area contributed by atoms with Crippen LogP contribution in [0.4, 0.5) is 0 Å². The first kappa shape index (κ1) is 12.5. The van der Waals surface area contributed by atoms with Crippen molar-refractivity contribution in [1.29, 1.82) is 0 Å². The maximum atomic E-state index is 12.4. The Morgan fingerprint density at radius 1 is 1.17 bits per heavy atom. The van der Waals surface area contributed by atoms with Crippen LogP contribution in [0.5, 0.6) is 0 Å². The Hall–Kier alpha value is -0.570. The first-order valence-electron chi connectivity index (χ1n) is 7.75. The third-order valence-electron chi connectivity index (χ3n) is 5.34. The van der Waals surface area contributed by atoms with Gasteiger partial charge in [0, 0.05) is 25.6 Å². The predicted molar refractivity (Wildman–Crippen MR) is 72.2 cm³/mol. The number of nitrogens with zero attached hydrogens (tertiary/aromatic N) is 1. The minimum absolute atomic E-state index is 0.374. The number of carbonyl (C=O) groups is 1. The average molecular weight is 250 g/mol. The van der Waals surface area contributed by atoms with Gasteiger partial charge in [0.05, 0.1) is 0 Å². The summed E-state index contributed by atoms with van der Waals surface area (Å²) in [6, 6.07) is 0.449. The normalized spacial score (nSPS) is 36.6. The Bertz CT molecular complexity index is 306. The molecule has 3 atom stereocenters. The minimum Gasteiger partial charge on any atom is -0.341 e. The smallest absolute Gasteiger partial charge is 0.226 e. The number of likely N-dealkylation sites (N-methyl/N-ethyl adjacent to an activating group) is 1. The van der Waals surface area contributed by atoms with E-state index >= 15 is 0 Å². The molecule has 3 fully saturated rings. The fraction of sp³-hybridized carbons (Fsp3) is 0.933. The molecule has 0 aromatic heterocycles. The molecule has 2 aliphatic carbocycles. The van der Waals surface area contributed by atoms with Gasteiger partial charge < -0.3 is 10.2 Å². The summed E-state index contributed by atoms with van der Waals surface area (Å²) in [6.45, 7) is 2.06. The maximum Gasteiger partial charge on any atom is 0.226 e. The van der Waals surface area contributed by atoms with Crippen molar-refractivity contribution in [3.63, 3.8) is 0 Å². The molecule has 3 unspecified atom stereocenters. The van der Waals surface area contributed by atoms with Crippen molar-refractivity contribution in [2.45, 2.75) is 51.0 Å². The zero-order chi connectivity index (χ0) is 12.5. The Kier molecular flexibility index (Phi) is 3.60. The number of carbonyl (C=O) groups excluding carboxylic acids is 1. The highest BCUT2D eigenvalue weighted by Crippen LogP contribution is 2.50. The molecule has 3 heteroatoms. The van der Waals surface area contributed by atoms with E-state index in [4.69, 9.17) is 0 Å². The minimum atomic E-state index is 0.374. The van der Waals surface area contributed by atoms with Gasteiger partial charge in [-0.1, -0.05) is 32.1 Å². The topological polar surface area (TPSA) is 32.3 Å². The van der Waals surface area contributed by atoms with Crippen molar-refractivity contribution in [2.75, 3.05) is 20.1 Å². The van der Waals surface area contributed by atoms with E-state index in [-0.39, 0.29) is 0 Å². The van der Waals surface area contributed by atoms with Gasteiger partial charge in [-0.3, -0.25) is 4.79 Å². The van der Waals surface area contributed by atoms with E-state index in [0.717, 1.165) is 31.3 Å². The second-order valence-corrected chi connectivity index (χ2v) is 6.50. The number of hydrogen-bond donors (Lipinski definition) is 1. The molecule has 0 spiro atoms. The van der Waals surface area contributed by atoms with Crippen LogP contribution in [0.3, 0.4) is 0 Å². The Balaban J connectivity index is 1.51. The summed E-state index contributed by atoms with van der Waals surface area (Å²) in [6.07, 6.45) is 9.26. The molecule has 0 aromatic rings. The monoisotopic (exact) mass is 250 g/mol. The second-order valence-electron chi connectivity index (χ2n) is 6.50. The van der Waals surface area contributed by atoms with E-state index in [0.29, 0.717) is 17.9 Å². The van der Waals surface area contributed by atoms with E-state index < -0.39 is 0 Å². The van der Waals surface area contributed by atoms with Crippen LogP contribution < -0.4 is 5.32 Å². The number of rotatable bonds is 3. The van der Waals surface area contributed by atoms with E-state index in [9.17, 15) is 4.79 Å². The van der Waals surface area contributed by atoms with Crippen molar-refractivity contribution in [1.82, 2.24) is 10.2 Å². The van der Waals surface area contributed by atoms with E-state index in [1.807, 2.05) is 11.9 Å². The molecule has 1 N–H and O–H groups in total. The highest BCUT2D eigenvalue weighted by molar-refractivity contribution is 5.81. The Morgan fingerprint density at radius 3 is 2.61 bits per heavy atom. The molecule has 0 aromatic carbocycles. The van der Waals surface area contributed by atoms with Crippen molar-refractivity contribution in [2.24, 2.45) is 17.8 Å². The van der Waals surface area contributed by atoms with Crippen LogP contribution in [0.2, 0.25) is 0 Å². The number of hydrogen-bond acceptors (Lipinski definition) is 2. The summed E-state index contributed by atoms with van der Waals surface area (Å²) in [7, 11) is 2.01. The predicted octanol–water partition coefficient (Wildman–Crippen LogP) is 2.02. The first-order chi connectivity index (χ1) is 8.77. The van der Waals surface area contributed by atoms with Crippen LogP contribution in [0.25, 0.3) is 0 Å². The van der Waals surface area contributed by atoms with Gasteiger partial charge in [0.15, 0.2) is 0 Å². The largest absolute Gasteiger partial charge is 0.341 e. The molecule has 3 aliphatic rings. The van der Waals surface area contributed by atoms with Crippen LogP contribution >= 0.6 is 0 Å². The lowest BCUT2D eigenvalue weighted by atomic mass is 9.85. The summed E-state index contributed by atoms with van der Waals surface area (Å²) < 4.78 is 0. The van der Waals surface area contributed by atoms with E-state index in [2.05, 4.69) is 5.32 Å². The zero-order valence-corrected chi connectivity index (χ0v) is 11.5. The van der Waals surface area contributed by atoms with Gasteiger partial charge in [-0.05, 0) is 31.2 Å². The van der Waals surface area contributed by atoms with Gasteiger partial charge in [0.25, 0.3) is 0 Å². The molecule has 18 heavy (non-hydrogen) atoms. The van der Waals surface area contributed by atoms with Crippen LogP contribution in [0, 0.1) is 17.8 Å². The SMILES string of the molecule is CN(C(=O)C1CC1C1CCCCC1)C1CCNC1. The van der Waals surface area contributed by atoms with Gasteiger partial charge in [-0.15, -0.1) is 0 Å². The summed E-state index contributed by atoms with van der Waals surface area (Å²) in [4.78, 5) is 14.5. The number of nitrogens with one attached hydrogen (secondary N) is 1. The fourth-order valence-corrected chi connectivity index (χ4v) is 3.99. The first-order valence-corrected chi connectivity index (χ1v) is 7.75. The summed E-state index contributed by atoms with van der Waals surface area (Å²) in [5.41, 5.74) is 0. The molecule has 1 saturated heterocycles. The molecule has 3 rings (SSSR count). The van der Waals surface area contributed by atoms with Crippen LogP contribution in [-0.2, 0) is 4.79 Å². The lowest BCUT2D eigenvalue weighted by Crippen LogP contribution is -2.39. The zero-order valence-electron chi connectivity index (χ0n) is 11.5. The average Bonchev–Trinajstić information content (AvgIpc) is 3.03. The lowest BCUT2D eigenvalue weighted by Gasteiger charge is -2.25. The molecule has 1 amide bonds. The van der Waals surface area contributed by atoms with Gasteiger partial charge in [-0.2, -0.15) is 0 Å². The van der Waals surface area contributed by atoms with Crippen LogP contribution in [0.1, 0.15) is 44.9 Å². The van der Waals surface area contributed by atoms with E-state index in [1.165, 1.54) is 38.5 Å². The Morgan fingerprint density at radius 2 is 1.94 bits per heavy atom. The van der Waals surface area contributed by atoms with Crippen molar-refractivity contribution in [3.8, 4) is 0 Å². The Labute approximate surface area is 110 Å².